The zero-order chi connectivity index (χ0) is 10.7. The summed E-state index contributed by atoms with van der Waals surface area (Å²) in [6, 6.07) is 10.6. The van der Waals surface area contributed by atoms with E-state index in [-0.39, 0.29) is 12.2 Å². The molecule has 0 aromatic heterocycles. The van der Waals surface area contributed by atoms with Crippen molar-refractivity contribution in [1.82, 2.24) is 0 Å². The van der Waals surface area contributed by atoms with Gasteiger partial charge in [0.15, 0.2) is 0 Å². The molecule has 1 aromatic rings. The van der Waals surface area contributed by atoms with Gasteiger partial charge in [0.1, 0.15) is 6.10 Å². The molecule has 0 N–H and O–H groups in total. The van der Waals surface area contributed by atoms with Crippen LogP contribution in [0.2, 0.25) is 0 Å². The fourth-order valence-electron chi connectivity index (χ4n) is 1.94. The second kappa shape index (κ2) is 4.46. The molecule has 1 fully saturated rings. The van der Waals surface area contributed by atoms with Crippen LogP contribution in [-0.4, -0.2) is 6.10 Å². The average Bonchev–Trinajstić information content (AvgIpc) is 2.30. The lowest BCUT2D eigenvalue weighted by Crippen LogP contribution is -2.20. The molecule has 78 valence electrons. The van der Waals surface area contributed by atoms with Crippen LogP contribution in [0.15, 0.2) is 24.3 Å². The van der Waals surface area contributed by atoms with Crippen LogP contribution in [0, 0.1) is 18.3 Å². The zero-order valence-corrected chi connectivity index (χ0v) is 8.94. The Balaban J connectivity index is 2.10. The summed E-state index contributed by atoms with van der Waals surface area (Å²) < 4.78 is 5.70. The molecular weight excluding hydrogens is 186 g/mol. The van der Waals surface area contributed by atoms with Crippen LogP contribution in [0.25, 0.3) is 0 Å². The highest BCUT2D eigenvalue weighted by atomic mass is 16.5. The van der Waals surface area contributed by atoms with Gasteiger partial charge in [-0.2, -0.15) is 5.26 Å². The number of rotatable bonds is 1. The van der Waals surface area contributed by atoms with Crippen molar-refractivity contribution >= 4 is 0 Å². The van der Waals surface area contributed by atoms with E-state index in [1.54, 1.807) is 0 Å². The lowest BCUT2D eigenvalue weighted by molar-refractivity contribution is -0.0228. The molecule has 0 radical (unpaired) electrons. The monoisotopic (exact) mass is 201 g/mol. The van der Waals surface area contributed by atoms with Crippen molar-refractivity contribution in [1.29, 1.82) is 5.26 Å². The molecule has 1 saturated heterocycles. The van der Waals surface area contributed by atoms with E-state index in [1.807, 2.05) is 0 Å². The smallest absolute Gasteiger partial charge is 0.144 e. The van der Waals surface area contributed by atoms with E-state index < -0.39 is 0 Å². The number of benzene rings is 1. The van der Waals surface area contributed by atoms with Crippen LogP contribution in [0.5, 0.6) is 0 Å². The van der Waals surface area contributed by atoms with E-state index in [9.17, 15) is 0 Å². The van der Waals surface area contributed by atoms with Crippen LogP contribution >= 0.6 is 0 Å². The van der Waals surface area contributed by atoms with Crippen molar-refractivity contribution in [2.45, 2.75) is 38.4 Å². The van der Waals surface area contributed by atoms with Gasteiger partial charge in [0.05, 0.1) is 12.2 Å². The summed E-state index contributed by atoms with van der Waals surface area (Å²) >= 11 is 0. The van der Waals surface area contributed by atoms with Gasteiger partial charge < -0.3 is 4.74 Å². The number of aryl methyl sites for hydroxylation is 1. The van der Waals surface area contributed by atoms with E-state index in [4.69, 9.17) is 10.00 Å². The molecule has 0 bridgehead atoms. The molecule has 1 aliphatic heterocycles. The third-order valence-electron chi connectivity index (χ3n) is 2.85. The maximum atomic E-state index is 8.82. The van der Waals surface area contributed by atoms with Crippen LogP contribution in [0.4, 0.5) is 0 Å². The van der Waals surface area contributed by atoms with E-state index in [2.05, 4.69) is 37.3 Å². The van der Waals surface area contributed by atoms with Gasteiger partial charge >= 0.3 is 0 Å². The third-order valence-corrected chi connectivity index (χ3v) is 2.85. The maximum absolute atomic E-state index is 8.82. The Morgan fingerprint density at radius 1 is 1.27 bits per heavy atom. The lowest BCUT2D eigenvalue weighted by Gasteiger charge is -2.26. The first-order valence-corrected chi connectivity index (χ1v) is 5.41. The fourth-order valence-corrected chi connectivity index (χ4v) is 1.94. The normalized spacial score (nSPS) is 25.9. The molecule has 1 aromatic carbocycles. The molecule has 2 nitrogen and oxygen atoms in total. The highest BCUT2D eigenvalue weighted by Gasteiger charge is 2.22. The summed E-state index contributed by atoms with van der Waals surface area (Å²) in [6.07, 6.45) is 2.88. The highest BCUT2D eigenvalue weighted by molar-refractivity contribution is 5.23. The molecule has 1 heterocycles. The third kappa shape index (κ3) is 2.37. The molecule has 1 aliphatic rings. The Kier molecular flexibility index (Phi) is 3.03. The van der Waals surface area contributed by atoms with E-state index >= 15 is 0 Å². The van der Waals surface area contributed by atoms with Crippen LogP contribution in [-0.2, 0) is 4.74 Å². The Labute approximate surface area is 90.5 Å². The van der Waals surface area contributed by atoms with Gasteiger partial charge in [0, 0.05) is 0 Å². The van der Waals surface area contributed by atoms with Crippen molar-refractivity contribution in [2.75, 3.05) is 0 Å². The Hall–Kier alpha value is -1.33. The van der Waals surface area contributed by atoms with Gasteiger partial charge in [-0.15, -0.1) is 0 Å². The van der Waals surface area contributed by atoms with Crippen LogP contribution < -0.4 is 0 Å². The number of nitrogens with zero attached hydrogens (tertiary/aromatic N) is 1. The van der Waals surface area contributed by atoms with Gasteiger partial charge in [0.25, 0.3) is 0 Å². The van der Waals surface area contributed by atoms with Gasteiger partial charge in [-0.1, -0.05) is 29.8 Å². The van der Waals surface area contributed by atoms with Crippen molar-refractivity contribution in [3.8, 4) is 6.07 Å². The second-order valence-electron chi connectivity index (χ2n) is 4.08. The first-order chi connectivity index (χ1) is 7.29. The van der Waals surface area contributed by atoms with E-state index in [0.717, 1.165) is 19.3 Å². The van der Waals surface area contributed by atoms with Crippen molar-refractivity contribution < 1.29 is 4.74 Å². The summed E-state index contributed by atoms with van der Waals surface area (Å²) in [5, 5.41) is 8.82. The van der Waals surface area contributed by atoms with Crippen LogP contribution in [0.3, 0.4) is 0 Å². The van der Waals surface area contributed by atoms with E-state index in [0.29, 0.717) is 0 Å². The van der Waals surface area contributed by atoms with Crippen molar-refractivity contribution in [2.24, 2.45) is 0 Å². The molecule has 0 unspecified atom stereocenters. The quantitative estimate of drug-likeness (QED) is 0.699. The van der Waals surface area contributed by atoms with Crippen molar-refractivity contribution in [3.63, 3.8) is 0 Å². The Bertz CT molecular complexity index is 363. The number of ether oxygens (including phenoxy) is 1. The summed E-state index contributed by atoms with van der Waals surface area (Å²) in [7, 11) is 0. The minimum Gasteiger partial charge on any atom is -0.355 e. The SMILES string of the molecule is Cc1ccc([C@@H]2CCC[C@H](C#N)O2)cc1. The standard InChI is InChI=1S/C13H15NO/c1-10-5-7-11(8-6-10)13-4-2-3-12(9-14)15-13/h5-8,12-13H,2-4H2,1H3/t12-,13+/m1/s1. The van der Waals surface area contributed by atoms with Gasteiger partial charge in [-0.25, -0.2) is 0 Å². The largest absolute Gasteiger partial charge is 0.355 e. The molecule has 0 amide bonds. The molecule has 0 aliphatic carbocycles. The molecule has 2 atom stereocenters. The minimum absolute atomic E-state index is 0.115. The topological polar surface area (TPSA) is 33.0 Å². The summed E-state index contributed by atoms with van der Waals surface area (Å²) in [4.78, 5) is 0. The first kappa shape index (κ1) is 10.2. The van der Waals surface area contributed by atoms with Gasteiger partial charge in [0.2, 0.25) is 0 Å². The minimum atomic E-state index is -0.218. The molecule has 15 heavy (non-hydrogen) atoms. The predicted molar refractivity (Wildman–Crippen MR) is 58.3 cm³/mol. The van der Waals surface area contributed by atoms with E-state index in [1.165, 1.54) is 11.1 Å². The summed E-state index contributed by atoms with van der Waals surface area (Å²) in [5.41, 5.74) is 2.45. The summed E-state index contributed by atoms with van der Waals surface area (Å²) in [6.45, 7) is 2.07. The molecule has 0 spiro atoms. The van der Waals surface area contributed by atoms with Gasteiger partial charge in [-0.05, 0) is 31.7 Å². The lowest BCUT2D eigenvalue weighted by atomic mass is 9.98. The van der Waals surface area contributed by atoms with Crippen molar-refractivity contribution in [3.05, 3.63) is 35.4 Å². The number of nitriles is 1. The number of hydrogen-bond donors (Lipinski definition) is 0. The molecule has 0 saturated carbocycles. The average molecular weight is 201 g/mol. The maximum Gasteiger partial charge on any atom is 0.144 e. The highest BCUT2D eigenvalue weighted by Crippen LogP contribution is 2.30. The molecular formula is C13H15NO. The Morgan fingerprint density at radius 2 is 2.00 bits per heavy atom. The molecule has 2 rings (SSSR count). The number of hydrogen-bond acceptors (Lipinski definition) is 2. The fraction of sp³-hybridized carbons (Fsp3) is 0.462. The first-order valence-electron chi connectivity index (χ1n) is 5.41. The van der Waals surface area contributed by atoms with Gasteiger partial charge in [-0.3, -0.25) is 0 Å². The second-order valence-corrected chi connectivity index (χ2v) is 4.08. The molecule has 2 heteroatoms. The zero-order valence-electron chi connectivity index (χ0n) is 8.94. The van der Waals surface area contributed by atoms with Crippen LogP contribution in [0.1, 0.15) is 36.5 Å². The predicted octanol–water partition coefficient (Wildman–Crippen LogP) is 3.13. The summed E-state index contributed by atoms with van der Waals surface area (Å²) in [5.74, 6) is 0. The Morgan fingerprint density at radius 3 is 2.67 bits per heavy atom.